The minimum atomic E-state index is -3.88. The molecule has 0 aliphatic rings. The molecule has 2 atom stereocenters. The number of nitrogens with one attached hydrogen (secondary N) is 1. The average Bonchev–Trinajstić information content (AvgIpc) is 2.77. The number of carbonyl (C=O) groups excluding carboxylic acids is 2. The maximum absolute atomic E-state index is 14.4. The highest BCUT2D eigenvalue weighted by atomic mass is 35.5. The third kappa shape index (κ3) is 7.17. The topological polar surface area (TPSA) is 86.8 Å². The molecule has 0 saturated heterocycles. The van der Waals surface area contributed by atoms with Crippen LogP contribution < -0.4 is 9.62 Å². The molecular formula is C24H31ClFN3O4S. The Labute approximate surface area is 205 Å². The number of halogens is 2. The molecule has 0 heterocycles. The van der Waals surface area contributed by atoms with Crippen LogP contribution in [0.4, 0.5) is 10.1 Å². The zero-order valence-electron chi connectivity index (χ0n) is 20.0. The molecule has 0 aliphatic carbocycles. The van der Waals surface area contributed by atoms with Gasteiger partial charge in [-0.05, 0) is 51.0 Å². The van der Waals surface area contributed by atoms with Crippen LogP contribution in [-0.4, -0.2) is 50.0 Å². The van der Waals surface area contributed by atoms with E-state index in [0.717, 1.165) is 10.6 Å². The number of hydrogen-bond donors (Lipinski definition) is 1. The smallest absolute Gasteiger partial charge is 0.244 e. The summed E-state index contributed by atoms with van der Waals surface area (Å²) in [4.78, 5) is 27.5. The predicted molar refractivity (Wildman–Crippen MR) is 133 cm³/mol. The highest BCUT2D eigenvalue weighted by molar-refractivity contribution is 7.92. The van der Waals surface area contributed by atoms with Crippen molar-refractivity contribution in [3.05, 3.63) is 64.4 Å². The zero-order valence-corrected chi connectivity index (χ0v) is 21.6. The third-order valence-corrected chi connectivity index (χ3v) is 6.95. The predicted octanol–water partition coefficient (Wildman–Crippen LogP) is 3.89. The molecule has 0 bridgehead atoms. The van der Waals surface area contributed by atoms with E-state index in [1.54, 1.807) is 25.1 Å². The van der Waals surface area contributed by atoms with Crippen LogP contribution in [0.3, 0.4) is 0 Å². The van der Waals surface area contributed by atoms with Crippen molar-refractivity contribution in [2.45, 2.75) is 52.7 Å². The van der Waals surface area contributed by atoms with Gasteiger partial charge in [-0.15, -0.1) is 0 Å². The van der Waals surface area contributed by atoms with Gasteiger partial charge in [-0.2, -0.15) is 0 Å². The van der Waals surface area contributed by atoms with E-state index in [1.807, 2.05) is 13.8 Å². The Kier molecular flexibility index (Phi) is 9.46. The quantitative estimate of drug-likeness (QED) is 0.524. The minimum Gasteiger partial charge on any atom is -0.352 e. The van der Waals surface area contributed by atoms with E-state index in [-0.39, 0.29) is 23.8 Å². The minimum absolute atomic E-state index is 0.123. The molecule has 2 amide bonds. The number of nitrogens with zero attached hydrogens (tertiary/aromatic N) is 2. The highest BCUT2D eigenvalue weighted by Crippen LogP contribution is 2.27. The summed E-state index contributed by atoms with van der Waals surface area (Å²) in [5, 5.41) is 3.13. The fraction of sp³-hybridized carbons (Fsp3) is 0.417. The fourth-order valence-electron chi connectivity index (χ4n) is 3.30. The van der Waals surface area contributed by atoms with Crippen molar-refractivity contribution in [2.75, 3.05) is 17.1 Å². The van der Waals surface area contributed by atoms with E-state index < -0.39 is 40.2 Å². The summed E-state index contributed by atoms with van der Waals surface area (Å²) < 4.78 is 40.6. The van der Waals surface area contributed by atoms with Gasteiger partial charge in [-0.3, -0.25) is 13.9 Å². The van der Waals surface area contributed by atoms with Gasteiger partial charge in [0.15, 0.2) is 0 Å². The molecule has 2 rings (SSSR count). The highest BCUT2D eigenvalue weighted by Gasteiger charge is 2.31. The molecule has 186 valence electrons. The van der Waals surface area contributed by atoms with Crippen molar-refractivity contribution >= 4 is 39.1 Å². The van der Waals surface area contributed by atoms with Crippen LogP contribution in [0, 0.1) is 12.7 Å². The maximum atomic E-state index is 14.4. The van der Waals surface area contributed by atoms with Crippen molar-refractivity contribution in [3.63, 3.8) is 0 Å². The summed E-state index contributed by atoms with van der Waals surface area (Å²) in [5.41, 5.74) is 1.07. The normalized spacial score (nSPS) is 13.1. The SMILES string of the molecule is CC[C@H](C)NC(=O)[C@@H](C)N(Cc1ccccc1F)C(=O)CN(c1cc(Cl)ccc1C)S(C)(=O)=O. The Morgan fingerprint density at radius 1 is 1.15 bits per heavy atom. The Hall–Kier alpha value is -2.65. The maximum Gasteiger partial charge on any atom is 0.244 e. The first-order valence-electron chi connectivity index (χ1n) is 10.9. The number of hydrogen-bond acceptors (Lipinski definition) is 4. The zero-order chi connectivity index (χ0) is 25.6. The van der Waals surface area contributed by atoms with Gasteiger partial charge < -0.3 is 10.2 Å². The molecule has 10 heteroatoms. The van der Waals surface area contributed by atoms with Crippen molar-refractivity contribution in [1.29, 1.82) is 0 Å². The van der Waals surface area contributed by atoms with E-state index in [1.165, 1.54) is 36.1 Å². The first-order chi connectivity index (χ1) is 15.8. The summed E-state index contributed by atoms with van der Waals surface area (Å²) in [6.07, 6.45) is 1.68. The van der Waals surface area contributed by atoms with Crippen molar-refractivity contribution < 1.29 is 22.4 Å². The van der Waals surface area contributed by atoms with Gasteiger partial charge in [-0.1, -0.05) is 42.8 Å². The molecule has 0 aromatic heterocycles. The largest absolute Gasteiger partial charge is 0.352 e. The van der Waals surface area contributed by atoms with Crippen LogP contribution in [-0.2, 0) is 26.2 Å². The molecule has 0 fully saturated rings. The Bertz CT molecular complexity index is 1140. The van der Waals surface area contributed by atoms with E-state index in [4.69, 9.17) is 11.6 Å². The standard InChI is InChI=1S/C24H31ClFN3O4S/c1-6-17(3)27-24(31)18(4)28(14-19-9-7-8-10-21(19)26)23(30)15-29(34(5,32)33)22-13-20(25)12-11-16(22)2/h7-13,17-18H,6,14-15H2,1-5H3,(H,27,31)/t17-,18+/m0/s1. The second-order valence-electron chi connectivity index (χ2n) is 8.31. The summed E-state index contributed by atoms with van der Waals surface area (Å²) in [7, 11) is -3.88. The molecule has 0 unspecified atom stereocenters. The van der Waals surface area contributed by atoms with Gasteiger partial charge in [-0.25, -0.2) is 12.8 Å². The number of amides is 2. The number of benzene rings is 2. The molecule has 7 nitrogen and oxygen atoms in total. The summed E-state index contributed by atoms with van der Waals surface area (Å²) in [5.74, 6) is -1.59. The second-order valence-corrected chi connectivity index (χ2v) is 10.7. The first kappa shape index (κ1) is 27.6. The van der Waals surface area contributed by atoms with Gasteiger partial charge in [0, 0.05) is 23.2 Å². The molecular weight excluding hydrogens is 481 g/mol. The van der Waals surface area contributed by atoms with E-state index >= 15 is 0 Å². The van der Waals surface area contributed by atoms with Gasteiger partial charge >= 0.3 is 0 Å². The van der Waals surface area contributed by atoms with Crippen LogP contribution >= 0.6 is 11.6 Å². The molecule has 0 radical (unpaired) electrons. The Morgan fingerprint density at radius 2 is 1.79 bits per heavy atom. The number of rotatable bonds is 10. The molecule has 0 aliphatic heterocycles. The fourth-order valence-corrected chi connectivity index (χ4v) is 4.37. The number of carbonyl (C=O) groups is 2. The Morgan fingerprint density at radius 3 is 2.38 bits per heavy atom. The average molecular weight is 512 g/mol. The van der Waals surface area contributed by atoms with Gasteiger partial charge in [0.05, 0.1) is 11.9 Å². The molecule has 1 N–H and O–H groups in total. The van der Waals surface area contributed by atoms with Crippen LogP contribution in [0.25, 0.3) is 0 Å². The summed E-state index contributed by atoms with van der Waals surface area (Å²) >= 11 is 6.08. The number of aryl methyl sites for hydroxylation is 1. The molecule has 2 aromatic rings. The summed E-state index contributed by atoms with van der Waals surface area (Å²) in [6.45, 7) is 6.21. The monoisotopic (exact) mass is 511 g/mol. The van der Waals surface area contributed by atoms with E-state index in [0.29, 0.717) is 17.0 Å². The lowest BCUT2D eigenvalue weighted by Gasteiger charge is -2.32. The Balaban J connectivity index is 2.45. The van der Waals surface area contributed by atoms with Crippen LogP contribution in [0.5, 0.6) is 0 Å². The number of sulfonamides is 1. The number of anilines is 1. The molecule has 2 aromatic carbocycles. The molecule has 34 heavy (non-hydrogen) atoms. The third-order valence-electron chi connectivity index (χ3n) is 5.59. The van der Waals surface area contributed by atoms with Gasteiger partial charge in [0.1, 0.15) is 18.4 Å². The lowest BCUT2D eigenvalue weighted by Crippen LogP contribution is -2.52. The first-order valence-corrected chi connectivity index (χ1v) is 13.1. The van der Waals surface area contributed by atoms with Crippen molar-refractivity contribution in [3.8, 4) is 0 Å². The van der Waals surface area contributed by atoms with E-state index in [2.05, 4.69) is 5.32 Å². The van der Waals surface area contributed by atoms with Gasteiger partial charge in [0.2, 0.25) is 21.8 Å². The lowest BCUT2D eigenvalue weighted by atomic mass is 10.1. The van der Waals surface area contributed by atoms with E-state index in [9.17, 15) is 22.4 Å². The van der Waals surface area contributed by atoms with Crippen LogP contribution in [0.2, 0.25) is 5.02 Å². The van der Waals surface area contributed by atoms with Crippen molar-refractivity contribution in [2.24, 2.45) is 0 Å². The van der Waals surface area contributed by atoms with Crippen LogP contribution in [0.1, 0.15) is 38.3 Å². The van der Waals surface area contributed by atoms with Crippen molar-refractivity contribution in [1.82, 2.24) is 10.2 Å². The molecule has 0 spiro atoms. The van der Waals surface area contributed by atoms with Gasteiger partial charge in [0.25, 0.3) is 0 Å². The van der Waals surface area contributed by atoms with Crippen LogP contribution in [0.15, 0.2) is 42.5 Å². The lowest BCUT2D eigenvalue weighted by molar-refractivity contribution is -0.139. The second kappa shape index (κ2) is 11.7. The molecule has 0 saturated carbocycles. The summed E-state index contributed by atoms with van der Waals surface area (Å²) in [6, 6.07) is 9.58.